The van der Waals surface area contributed by atoms with Gasteiger partial charge in [-0.15, -0.1) is 0 Å². The van der Waals surface area contributed by atoms with Gasteiger partial charge in [-0.2, -0.15) is 5.26 Å². The number of hydrogen-bond acceptors (Lipinski definition) is 4. The summed E-state index contributed by atoms with van der Waals surface area (Å²) in [6.45, 7) is 0. The van der Waals surface area contributed by atoms with Gasteiger partial charge in [0.05, 0.1) is 6.20 Å². The Morgan fingerprint density at radius 3 is 2.69 bits per heavy atom. The van der Waals surface area contributed by atoms with Gasteiger partial charge in [0.25, 0.3) is 0 Å². The Morgan fingerprint density at radius 1 is 1.25 bits per heavy atom. The van der Waals surface area contributed by atoms with E-state index in [9.17, 15) is 0 Å². The molecule has 0 aliphatic heterocycles. The van der Waals surface area contributed by atoms with Crippen molar-refractivity contribution in [1.82, 2.24) is 9.97 Å². The summed E-state index contributed by atoms with van der Waals surface area (Å²) in [6.07, 6.45) is 2.96. The molecule has 4 heteroatoms. The summed E-state index contributed by atoms with van der Waals surface area (Å²) in [7, 11) is 1.87. The van der Waals surface area contributed by atoms with E-state index in [0.717, 1.165) is 5.69 Å². The summed E-state index contributed by atoms with van der Waals surface area (Å²) in [6, 6.07) is 11.8. The molecule has 78 valence electrons. The molecule has 0 aliphatic rings. The van der Waals surface area contributed by atoms with Crippen LogP contribution in [0.3, 0.4) is 0 Å². The first-order chi connectivity index (χ1) is 7.83. The maximum absolute atomic E-state index is 8.96. The molecule has 0 spiro atoms. The topological polar surface area (TPSA) is 52.8 Å². The Hall–Kier alpha value is -2.41. The zero-order valence-electron chi connectivity index (χ0n) is 8.83. The molecule has 0 N–H and O–H groups in total. The maximum atomic E-state index is 8.96. The first kappa shape index (κ1) is 10.1. The molecular formula is C12H10N4. The molecule has 1 aromatic heterocycles. The van der Waals surface area contributed by atoms with Gasteiger partial charge in [-0.25, -0.2) is 9.97 Å². The maximum Gasteiger partial charge on any atom is 0.154 e. The highest BCUT2D eigenvalue weighted by Crippen LogP contribution is 2.22. The van der Waals surface area contributed by atoms with Gasteiger partial charge in [0.1, 0.15) is 18.0 Å². The third-order valence-electron chi connectivity index (χ3n) is 2.27. The van der Waals surface area contributed by atoms with Gasteiger partial charge in [0, 0.05) is 12.7 Å². The number of benzene rings is 1. The van der Waals surface area contributed by atoms with Crippen molar-refractivity contribution in [2.45, 2.75) is 0 Å². The van der Waals surface area contributed by atoms with Crippen LogP contribution in [0.25, 0.3) is 0 Å². The largest absolute Gasteiger partial charge is 0.328 e. The number of para-hydroxylation sites is 1. The molecule has 0 saturated carbocycles. The Balaban J connectivity index is 2.42. The van der Waals surface area contributed by atoms with E-state index in [1.165, 1.54) is 12.5 Å². The Morgan fingerprint density at radius 2 is 2.00 bits per heavy atom. The van der Waals surface area contributed by atoms with Gasteiger partial charge in [-0.05, 0) is 12.1 Å². The molecule has 0 unspecified atom stereocenters. The van der Waals surface area contributed by atoms with Crippen molar-refractivity contribution < 1.29 is 0 Å². The Bertz CT molecular complexity index is 516. The smallest absolute Gasteiger partial charge is 0.154 e. The van der Waals surface area contributed by atoms with Crippen LogP contribution in [0.5, 0.6) is 0 Å². The van der Waals surface area contributed by atoms with Crippen LogP contribution in [0.4, 0.5) is 11.5 Å². The van der Waals surface area contributed by atoms with Gasteiger partial charge in [0.15, 0.2) is 5.82 Å². The number of rotatable bonds is 2. The second-order valence-corrected chi connectivity index (χ2v) is 3.27. The third kappa shape index (κ3) is 1.84. The lowest BCUT2D eigenvalue weighted by Crippen LogP contribution is -2.12. The van der Waals surface area contributed by atoms with Crippen LogP contribution in [0.1, 0.15) is 5.56 Å². The van der Waals surface area contributed by atoms with Crippen molar-refractivity contribution in [3.05, 3.63) is 48.4 Å². The van der Waals surface area contributed by atoms with E-state index < -0.39 is 0 Å². The highest BCUT2D eigenvalue weighted by Gasteiger charge is 2.09. The highest BCUT2D eigenvalue weighted by atomic mass is 15.2. The summed E-state index contributed by atoms with van der Waals surface area (Å²) < 4.78 is 0. The Kier molecular flexibility index (Phi) is 2.79. The lowest BCUT2D eigenvalue weighted by Gasteiger charge is -2.18. The number of aromatic nitrogens is 2. The predicted octanol–water partition coefficient (Wildman–Crippen LogP) is 2.12. The molecule has 0 saturated heterocycles. The van der Waals surface area contributed by atoms with E-state index in [1.807, 2.05) is 42.3 Å². The van der Waals surface area contributed by atoms with Crippen LogP contribution in [0.2, 0.25) is 0 Å². The van der Waals surface area contributed by atoms with Gasteiger partial charge in [0.2, 0.25) is 0 Å². The molecule has 2 aromatic rings. The Labute approximate surface area is 93.8 Å². The average molecular weight is 210 g/mol. The van der Waals surface area contributed by atoms with Gasteiger partial charge in [-0.1, -0.05) is 18.2 Å². The fourth-order valence-corrected chi connectivity index (χ4v) is 1.44. The second kappa shape index (κ2) is 4.41. The zero-order valence-corrected chi connectivity index (χ0v) is 8.83. The monoisotopic (exact) mass is 210 g/mol. The summed E-state index contributed by atoms with van der Waals surface area (Å²) in [4.78, 5) is 9.81. The molecular weight excluding hydrogens is 200 g/mol. The van der Waals surface area contributed by atoms with Crippen molar-refractivity contribution in [3.8, 4) is 6.07 Å². The minimum absolute atomic E-state index is 0.467. The minimum Gasteiger partial charge on any atom is -0.328 e. The van der Waals surface area contributed by atoms with Crippen LogP contribution in [0.15, 0.2) is 42.9 Å². The first-order valence-electron chi connectivity index (χ1n) is 4.82. The van der Waals surface area contributed by atoms with Crippen molar-refractivity contribution in [2.24, 2.45) is 0 Å². The molecule has 16 heavy (non-hydrogen) atoms. The van der Waals surface area contributed by atoms with Crippen LogP contribution in [-0.2, 0) is 0 Å². The molecule has 0 radical (unpaired) electrons. The van der Waals surface area contributed by atoms with Crippen molar-refractivity contribution in [2.75, 3.05) is 11.9 Å². The molecule has 1 aromatic carbocycles. The van der Waals surface area contributed by atoms with E-state index in [2.05, 4.69) is 16.0 Å². The van der Waals surface area contributed by atoms with Crippen molar-refractivity contribution >= 4 is 11.5 Å². The standard InChI is InChI=1S/C12H10N4/c1-16(11-5-3-2-4-6-11)12-10(7-13)8-14-9-15-12/h2-6,8-9H,1H3. The number of nitrogens with zero attached hydrogens (tertiary/aromatic N) is 4. The van der Waals surface area contributed by atoms with Crippen molar-refractivity contribution in [3.63, 3.8) is 0 Å². The normalized spacial score (nSPS) is 9.50. The third-order valence-corrected chi connectivity index (χ3v) is 2.27. The van der Waals surface area contributed by atoms with Crippen molar-refractivity contribution in [1.29, 1.82) is 5.26 Å². The molecule has 4 nitrogen and oxygen atoms in total. The summed E-state index contributed by atoms with van der Waals surface area (Å²) in [5, 5.41) is 8.96. The van der Waals surface area contributed by atoms with Crippen LogP contribution in [0, 0.1) is 11.3 Å². The van der Waals surface area contributed by atoms with E-state index in [4.69, 9.17) is 5.26 Å². The van der Waals surface area contributed by atoms with Gasteiger partial charge >= 0.3 is 0 Å². The quantitative estimate of drug-likeness (QED) is 0.761. The minimum atomic E-state index is 0.467. The molecule has 0 aliphatic carbocycles. The van der Waals surface area contributed by atoms with E-state index >= 15 is 0 Å². The highest BCUT2D eigenvalue weighted by molar-refractivity contribution is 5.64. The van der Waals surface area contributed by atoms with Crippen LogP contribution >= 0.6 is 0 Å². The molecule has 2 rings (SSSR count). The molecule has 0 amide bonds. The van der Waals surface area contributed by atoms with Crippen LogP contribution < -0.4 is 4.90 Å². The van der Waals surface area contributed by atoms with Gasteiger partial charge in [-0.3, -0.25) is 0 Å². The number of anilines is 2. The van der Waals surface area contributed by atoms with Gasteiger partial charge < -0.3 is 4.90 Å². The fraction of sp³-hybridized carbons (Fsp3) is 0.0833. The van der Waals surface area contributed by atoms with E-state index in [1.54, 1.807) is 0 Å². The lowest BCUT2D eigenvalue weighted by molar-refractivity contribution is 1.07. The fourth-order valence-electron chi connectivity index (χ4n) is 1.44. The van der Waals surface area contributed by atoms with E-state index in [0.29, 0.717) is 11.4 Å². The lowest BCUT2D eigenvalue weighted by atomic mass is 10.2. The second-order valence-electron chi connectivity index (χ2n) is 3.27. The zero-order chi connectivity index (χ0) is 11.4. The SMILES string of the molecule is CN(c1ccccc1)c1ncncc1C#N. The number of nitriles is 1. The molecule has 0 atom stereocenters. The first-order valence-corrected chi connectivity index (χ1v) is 4.82. The summed E-state index contributed by atoms with van der Waals surface area (Å²) in [5.41, 5.74) is 1.45. The molecule has 0 bridgehead atoms. The predicted molar refractivity (Wildman–Crippen MR) is 61.3 cm³/mol. The number of hydrogen-bond donors (Lipinski definition) is 0. The van der Waals surface area contributed by atoms with E-state index in [-0.39, 0.29) is 0 Å². The molecule has 1 heterocycles. The van der Waals surface area contributed by atoms with Crippen LogP contribution in [-0.4, -0.2) is 17.0 Å². The summed E-state index contributed by atoms with van der Waals surface area (Å²) in [5.74, 6) is 0.615. The molecule has 0 fully saturated rings. The summed E-state index contributed by atoms with van der Waals surface area (Å²) >= 11 is 0. The average Bonchev–Trinajstić information content (AvgIpc) is 2.39.